The molecule has 0 unspecified atom stereocenters. The molecule has 0 heterocycles. The summed E-state index contributed by atoms with van der Waals surface area (Å²) in [5.74, 6) is -1.22. The number of hydrogen-bond acceptors (Lipinski definition) is 4. The topological polar surface area (TPSA) is 86.8 Å². The Hall–Kier alpha value is -2.00. The van der Waals surface area contributed by atoms with Crippen molar-refractivity contribution in [1.29, 1.82) is 0 Å². The molecule has 0 saturated carbocycles. The van der Waals surface area contributed by atoms with Gasteiger partial charge in [-0.05, 0) is 31.0 Å². The normalized spacial score (nSPS) is 12.6. The van der Waals surface area contributed by atoms with E-state index in [2.05, 4.69) is 12.2 Å². The molecule has 1 N–H and O–H groups in total. The molecule has 0 spiro atoms. The molecule has 1 aromatic carbocycles. The van der Waals surface area contributed by atoms with Crippen molar-refractivity contribution < 1.29 is 22.4 Å². The van der Waals surface area contributed by atoms with Gasteiger partial charge in [0.25, 0.3) is 0 Å². The number of rotatable bonds is 11. The number of unbranched alkanes of at least 4 members (excludes halogenated alkanes) is 2. The first-order valence-corrected chi connectivity index (χ1v) is 11.1. The van der Waals surface area contributed by atoms with Crippen LogP contribution in [-0.4, -0.2) is 61.9 Å². The largest absolute Gasteiger partial charge is 0.354 e. The van der Waals surface area contributed by atoms with Crippen molar-refractivity contribution in [1.82, 2.24) is 14.5 Å². The van der Waals surface area contributed by atoms with Crippen molar-refractivity contribution in [3.63, 3.8) is 0 Å². The second-order valence-electron chi connectivity index (χ2n) is 6.84. The molecule has 0 aliphatic carbocycles. The summed E-state index contributed by atoms with van der Waals surface area (Å²) < 4.78 is 37.3. The Labute approximate surface area is 166 Å². The Morgan fingerprint density at radius 3 is 2.32 bits per heavy atom. The maximum absolute atomic E-state index is 13.2. The van der Waals surface area contributed by atoms with Gasteiger partial charge in [-0.1, -0.05) is 31.9 Å². The van der Waals surface area contributed by atoms with Gasteiger partial charge in [0.15, 0.2) is 0 Å². The average molecular weight is 416 g/mol. The van der Waals surface area contributed by atoms with Crippen molar-refractivity contribution in [2.45, 2.75) is 45.7 Å². The third-order valence-corrected chi connectivity index (χ3v) is 5.70. The van der Waals surface area contributed by atoms with E-state index in [0.717, 1.165) is 29.8 Å². The number of nitrogens with one attached hydrogen (secondary N) is 1. The zero-order valence-corrected chi connectivity index (χ0v) is 17.8. The standard InChI is InChI=1S/C19H30FN3O4S/c1-5-6-7-12-21-19(25)15(2)23(13-16-8-10-17(20)11-9-16)18(24)14-22(3)28(4,26)27/h8-11,15H,5-7,12-14H2,1-4H3,(H,21,25)/t15-/m1/s1. The molecule has 0 aliphatic heterocycles. The van der Waals surface area contributed by atoms with Crippen LogP contribution in [0.3, 0.4) is 0 Å². The average Bonchev–Trinajstić information content (AvgIpc) is 2.63. The third kappa shape index (κ3) is 7.93. The summed E-state index contributed by atoms with van der Waals surface area (Å²) in [5.41, 5.74) is 0.641. The highest BCUT2D eigenvalue weighted by molar-refractivity contribution is 7.88. The Morgan fingerprint density at radius 2 is 1.79 bits per heavy atom. The van der Waals surface area contributed by atoms with Gasteiger partial charge in [-0.2, -0.15) is 4.31 Å². The molecular formula is C19H30FN3O4S. The van der Waals surface area contributed by atoms with Gasteiger partial charge in [0, 0.05) is 20.1 Å². The molecule has 0 saturated heterocycles. The van der Waals surface area contributed by atoms with E-state index in [0.29, 0.717) is 12.1 Å². The van der Waals surface area contributed by atoms with E-state index < -0.39 is 27.8 Å². The number of likely N-dealkylation sites (N-methyl/N-ethyl adjacent to an activating group) is 1. The molecule has 28 heavy (non-hydrogen) atoms. The van der Waals surface area contributed by atoms with E-state index >= 15 is 0 Å². The predicted octanol–water partition coefficient (Wildman–Crippen LogP) is 1.74. The van der Waals surface area contributed by atoms with Crippen LogP contribution in [0.15, 0.2) is 24.3 Å². The summed E-state index contributed by atoms with van der Waals surface area (Å²) >= 11 is 0. The molecule has 1 atom stereocenters. The van der Waals surface area contributed by atoms with E-state index in [9.17, 15) is 22.4 Å². The fourth-order valence-electron chi connectivity index (χ4n) is 2.50. The van der Waals surface area contributed by atoms with Crippen molar-refractivity contribution >= 4 is 21.8 Å². The van der Waals surface area contributed by atoms with Crippen LogP contribution in [0.25, 0.3) is 0 Å². The van der Waals surface area contributed by atoms with Gasteiger partial charge in [-0.15, -0.1) is 0 Å². The molecule has 7 nitrogen and oxygen atoms in total. The minimum absolute atomic E-state index is 0.0697. The first-order valence-electron chi connectivity index (χ1n) is 9.29. The SMILES string of the molecule is CCCCCNC(=O)[C@@H](C)N(Cc1ccc(F)cc1)C(=O)CN(C)S(C)(=O)=O. The van der Waals surface area contributed by atoms with E-state index in [-0.39, 0.29) is 19.0 Å². The van der Waals surface area contributed by atoms with Gasteiger partial charge >= 0.3 is 0 Å². The second-order valence-corrected chi connectivity index (χ2v) is 8.93. The van der Waals surface area contributed by atoms with Crippen LogP contribution in [0.5, 0.6) is 0 Å². The predicted molar refractivity (Wildman–Crippen MR) is 106 cm³/mol. The van der Waals surface area contributed by atoms with Gasteiger partial charge < -0.3 is 10.2 Å². The van der Waals surface area contributed by atoms with Crippen LogP contribution >= 0.6 is 0 Å². The highest BCUT2D eigenvalue weighted by Crippen LogP contribution is 2.12. The molecule has 0 aromatic heterocycles. The molecule has 0 bridgehead atoms. The van der Waals surface area contributed by atoms with E-state index in [4.69, 9.17) is 0 Å². The molecular weight excluding hydrogens is 385 g/mol. The highest BCUT2D eigenvalue weighted by atomic mass is 32.2. The van der Waals surface area contributed by atoms with Crippen molar-refractivity contribution in [2.75, 3.05) is 26.4 Å². The maximum atomic E-state index is 13.2. The molecule has 0 aliphatic rings. The fraction of sp³-hybridized carbons (Fsp3) is 0.579. The van der Waals surface area contributed by atoms with Gasteiger partial charge in [-0.25, -0.2) is 12.8 Å². The Morgan fingerprint density at radius 1 is 1.18 bits per heavy atom. The summed E-state index contributed by atoms with van der Waals surface area (Å²) in [6.45, 7) is 3.86. The van der Waals surface area contributed by atoms with Gasteiger partial charge in [0.1, 0.15) is 11.9 Å². The molecule has 1 rings (SSSR count). The van der Waals surface area contributed by atoms with Crippen LogP contribution in [0, 0.1) is 5.82 Å². The molecule has 1 aromatic rings. The zero-order valence-electron chi connectivity index (χ0n) is 16.9. The number of carbonyl (C=O) groups is 2. The lowest BCUT2D eigenvalue weighted by molar-refractivity contribution is -0.140. The summed E-state index contributed by atoms with van der Waals surface area (Å²) in [7, 11) is -2.24. The highest BCUT2D eigenvalue weighted by Gasteiger charge is 2.28. The number of hydrogen-bond donors (Lipinski definition) is 1. The van der Waals surface area contributed by atoms with Crippen molar-refractivity contribution in [3.8, 4) is 0 Å². The quantitative estimate of drug-likeness (QED) is 0.558. The molecule has 9 heteroatoms. The number of benzene rings is 1. The number of carbonyl (C=O) groups excluding carboxylic acids is 2. The van der Waals surface area contributed by atoms with Crippen molar-refractivity contribution in [2.24, 2.45) is 0 Å². The summed E-state index contributed by atoms with van der Waals surface area (Å²) in [6, 6.07) is 4.81. The number of halogens is 1. The minimum Gasteiger partial charge on any atom is -0.354 e. The van der Waals surface area contributed by atoms with Crippen LogP contribution in [0.2, 0.25) is 0 Å². The minimum atomic E-state index is -3.54. The molecule has 158 valence electrons. The summed E-state index contributed by atoms with van der Waals surface area (Å²) in [6.07, 6.45) is 3.87. The smallest absolute Gasteiger partial charge is 0.242 e. The van der Waals surface area contributed by atoms with Gasteiger partial charge in [0.05, 0.1) is 12.8 Å². The Balaban J connectivity index is 2.93. The lowest BCUT2D eigenvalue weighted by atomic mass is 10.1. The number of nitrogens with zero attached hydrogens (tertiary/aromatic N) is 2. The Kier molecular flexibility index (Phi) is 9.54. The monoisotopic (exact) mass is 415 g/mol. The van der Waals surface area contributed by atoms with E-state index in [1.165, 1.54) is 36.2 Å². The first-order chi connectivity index (χ1) is 13.1. The van der Waals surface area contributed by atoms with Crippen LogP contribution in [0.4, 0.5) is 4.39 Å². The molecule has 0 radical (unpaired) electrons. The van der Waals surface area contributed by atoms with Gasteiger partial charge in [-0.3, -0.25) is 9.59 Å². The van der Waals surface area contributed by atoms with Crippen LogP contribution < -0.4 is 5.32 Å². The number of amides is 2. The van der Waals surface area contributed by atoms with Crippen LogP contribution in [-0.2, 0) is 26.2 Å². The number of sulfonamides is 1. The molecule has 0 fully saturated rings. The zero-order chi connectivity index (χ0) is 21.3. The third-order valence-electron chi connectivity index (χ3n) is 4.44. The fourth-order valence-corrected chi connectivity index (χ4v) is 2.85. The second kappa shape index (κ2) is 11.1. The maximum Gasteiger partial charge on any atom is 0.242 e. The van der Waals surface area contributed by atoms with Crippen LogP contribution in [0.1, 0.15) is 38.7 Å². The lowest BCUT2D eigenvalue weighted by Gasteiger charge is -2.30. The summed E-state index contributed by atoms with van der Waals surface area (Å²) in [4.78, 5) is 26.6. The van der Waals surface area contributed by atoms with Crippen molar-refractivity contribution in [3.05, 3.63) is 35.6 Å². The Bertz CT molecular complexity index is 753. The van der Waals surface area contributed by atoms with E-state index in [1.54, 1.807) is 6.92 Å². The van der Waals surface area contributed by atoms with E-state index in [1.807, 2.05) is 0 Å². The first kappa shape index (κ1) is 24.0. The summed E-state index contributed by atoms with van der Waals surface area (Å²) in [5, 5.41) is 2.81. The molecule has 2 amide bonds. The van der Waals surface area contributed by atoms with Gasteiger partial charge in [0.2, 0.25) is 21.8 Å². The lowest BCUT2D eigenvalue weighted by Crippen LogP contribution is -2.50.